The summed E-state index contributed by atoms with van der Waals surface area (Å²) in [6.07, 6.45) is 18.0. The highest BCUT2D eigenvalue weighted by atomic mass is 16.4. The maximum atomic E-state index is 11.1. The third-order valence-corrected chi connectivity index (χ3v) is 11.1. The minimum absolute atomic E-state index is 0.184. The molecule has 29 heavy (non-hydrogen) atoms. The fraction of sp³-hybridized carbons (Fsp3) is 0.963. The van der Waals surface area contributed by atoms with Crippen LogP contribution in [0, 0.1) is 52.3 Å². The van der Waals surface area contributed by atoms with Crippen molar-refractivity contribution in [3.63, 3.8) is 0 Å². The van der Waals surface area contributed by atoms with Crippen molar-refractivity contribution < 1.29 is 9.90 Å². The van der Waals surface area contributed by atoms with Crippen LogP contribution < -0.4 is 0 Å². The van der Waals surface area contributed by atoms with Gasteiger partial charge in [-0.1, -0.05) is 53.4 Å². The summed E-state index contributed by atoms with van der Waals surface area (Å²) in [6.45, 7) is 9.70. The lowest BCUT2D eigenvalue weighted by molar-refractivity contribution is -0.141. The van der Waals surface area contributed by atoms with Crippen LogP contribution in [0.1, 0.15) is 111 Å². The van der Waals surface area contributed by atoms with Crippen LogP contribution >= 0.6 is 0 Å². The molecule has 0 aromatic carbocycles. The second kappa shape index (κ2) is 8.19. The molecule has 4 aliphatic carbocycles. The zero-order chi connectivity index (χ0) is 20.8. The summed E-state index contributed by atoms with van der Waals surface area (Å²) in [4.78, 5) is 11.1. The van der Waals surface area contributed by atoms with Crippen LogP contribution in [0.4, 0.5) is 0 Å². The SMILES string of the molecule is CC(CCCC(C)[C@H]1CCC2C3CCC4CCCC[C@]4(C)C3CC[C@@]21C)C(=O)O. The molecule has 0 radical (unpaired) electrons. The third kappa shape index (κ3) is 3.69. The molecule has 1 N–H and O–H groups in total. The van der Waals surface area contributed by atoms with E-state index in [0.717, 1.165) is 48.3 Å². The molecule has 0 aromatic heterocycles. The number of hydrogen-bond acceptors (Lipinski definition) is 1. The lowest BCUT2D eigenvalue weighted by atomic mass is 9.44. The van der Waals surface area contributed by atoms with Gasteiger partial charge in [-0.15, -0.1) is 0 Å². The number of aliphatic carboxylic acids is 1. The van der Waals surface area contributed by atoms with Crippen LogP contribution in [0.3, 0.4) is 0 Å². The van der Waals surface area contributed by atoms with Crippen LogP contribution in [0.5, 0.6) is 0 Å². The second-order valence-corrected chi connectivity index (χ2v) is 12.3. The molecule has 4 saturated carbocycles. The smallest absolute Gasteiger partial charge is 0.306 e. The Labute approximate surface area is 179 Å². The maximum absolute atomic E-state index is 11.1. The second-order valence-electron chi connectivity index (χ2n) is 12.3. The zero-order valence-electron chi connectivity index (χ0n) is 19.6. The Balaban J connectivity index is 1.42. The highest BCUT2D eigenvalue weighted by molar-refractivity contribution is 5.69. The molecule has 0 aromatic rings. The summed E-state index contributed by atoms with van der Waals surface area (Å²) >= 11 is 0. The number of rotatable bonds is 6. The number of hydrogen-bond donors (Lipinski definition) is 1. The van der Waals surface area contributed by atoms with E-state index in [0.29, 0.717) is 10.8 Å². The van der Waals surface area contributed by atoms with Gasteiger partial charge in [0.2, 0.25) is 0 Å². The van der Waals surface area contributed by atoms with Gasteiger partial charge in [0.05, 0.1) is 5.92 Å². The van der Waals surface area contributed by atoms with Crippen LogP contribution in [-0.2, 0) is 4.79 Å². The summed E-state index contributed by atoms with van der Waals surface area (Å²) in [6, 6.07) is 0. The van der Waals surface area contributed by atoms with Gasteiger partial charge in [-0.2, -0.15) is 0 Å². The Hall–Kier alpha value is -0.530. The molecule has 0 amide bonds. The molecule has 4 fully saturated rings. The van der Waals surface area contributed by atoms with E-state index < -0.39 is 5.97 Å². The van der Waals surface area contributed by atoms with E-state index in [1.807, 2.05) is 6.92 Å². The zero-order valence-corrected chi connectivity index (χ0v) is 19.6. The van der Waals surface area contributed by atoms with Crippen molar-refractivity contribution in [2.24, 2.45) is 52.3 Å². The quantitative estimate of drug-likeness (QED) is 0.497. The first-order chi connectivity index (χ1) is 13.8. The first-order valence-corrected chi connectivity index (χ1v) is 13.0. The van der Waals surface area contributed by atoms with Crippen molar-refractivity contribution >= 4 is 5.97 Å². The Kier molecular flexibility index (Phi) is 6.13. The van der Waals surface area contributed by atoms with E-state index >= 15 is 0 Å². The molecule has 2 heteroatoms. The highest BCUT2D eigenvalue weighted by Crippen LogP contribution is 2.68. The molecule has 4 rings (SSSR count). The number of carbonyl (C=O) groups is 1. The fourth-order valence-electron chi connectivity index (χ4n) is 9.34. The molecule has 4 aliphatic rings. The highest BCUT2D eigenvalue weighted by Gasteiger charge is 2.60. The standard InChI is InChI=1S/C27H46O2/c1-18(8-7-9-19(2)25(28)29)22-13-14-23-21-12-11-20-10-5-6-16-26(20,3)24(21)15-17-27(22,23)4/h18-24H,5-17H2,1-4H3,(H,28,29)/t18?,19?,20?,21?,22-,23?,24?,26+,27-/m1/s1. The average Bonchev–Trinajstić information content (AvgIpc) is 3.04. The van der Waals surface area contributed by atoms with Crippen molar-refractivity contribution in [1.29, 1.82) is 0 Å². The van der Waals surface area contributed by atoms with E-state index in [4.69, 9.17) is 5.11 Å². The molecule has 0 heterocycles. The summed E-state index contributed by atoms with van der Waals surface area (Å²) in [5.41, 5.74) is 1.20. The van der Waals surface area contributed by atoms with E-state index in [1.54, 1.807) is 0 Å². The van der Waals surface area contributed by atoms with Crippen molar-refractivity contribution in [3.05, 3.63) is 0 Å². The van der Waals surface area contributed by atoms with Crippen LogP contribution in [-0.4, -0.2) is 11.1 Å². The first kappa shape index (κ1) is 21.7. The Bertz CT molecular complexity index is 599. The predicted octanol–water partition coefficient (Wildman–Crippen LogP) is 7.56. The van der Waals surface area contributed by atoms with Crippen molar-refractivity contribution in [2.75, 3.05) is 0 Å². The van der Waals surface area contributed by atoms with Crippen LogP contribution in [0.2, 0.25) is 0 Å². The van der Waals surface area contributed by atoms with Crippen molar-refractivity contribution in [2.45, 2.75) is 111 Å². The summed E-state index contributed by atoms with van der Waals surface area (Å²) in [7, 11) is 0. The number of carboxylic acid groups (broad SMARTS) is 1. The molecular formula is C27H46O2. The molecule has 0 bridgehead atoms. The Morgan fingerprint density at radius 2 is 1.66 bits per heavy atom. The molecule has 2 nitrogen and oxygen atoms in total. The molecule has 0 aliphatic heterocycles. The largest absolute Gasteiger partial charge is 0.481 e. The van der Waals surface area contributed by atoms with Gasteiger partial charge in [0.25, 0.3) is 0 Å². The van der Waals surface area contributed by atoms with E-state index in [1.165, 1.54) is 70.6 Å². The summed E-state index contributed by atoms with van der Waals surface area (Å²) < 4.78 is 0. The predicted molar refractivity (Wildman–Crippen MR) is 120 cm³/mol. The molecule has 0 spiro atoms. The minimum Gasteiger partial charge on any atom is -0.481 e. The fourth-order valence-corrected chi connectivity index (χ4v) is 9.34. The topological polar surface area (TPSA) is 37.3 Å². The normalized spacial score (nSPS) is 46.3. The van der Waals surface area contributed by atoms with Crippen molar-refractivity contribution in [1.82, 2.24) is 0 Å². The van der Waals surface area contributed by atoms with Gasteiger partial charge in [0, 0.05) is 0 Å². The van der Waals surface area contributed by atoms with E-state index in [2.05, 4.69) is 20.8 Å². The Morgan fingerprint density at radius 3 is 2.41 bits per heavy atom. The molecule has 166 valence electrons. The molecule has 9 atom stereocenters. The molecule has 6 unspecified atom stereocenters. The molecular weight excluding hydrogens is 356 g/mol. The van der Waals surface area contributed by atoms with Gasteiger partial charge in [-0.05, 0) is 104 Å². The van der Waals surface area contributed by atoms with Gasteiger partial charge in [-0.3, -0.25) is 4.79 Å². The first-order valence-electron chi connectivity index (χ1n) is 13.0. The third-order valence-electron chi connectivity index (χ3n) is 11.1. The van der Waals surface area contributed by atoms with Crippen LogP contribution in [0.25, 0.3) is 0 Å². The lowest BCUT2D eigenvalue weighted by Crippen LogP contribution is -2.53. The molecule has 0 saturated heterocycles. The number of carboxylic acids is 1. The van der Waals surface area contributed by atoms with Crippen LogP contribution in [0.15, 0.2) is 0 Å². The minimum atomic E-state index is -0.629. The average molecular weight is 403 g/mol. The van der Waals surface area contributed by atoms with E-state index in [-0.39, 0.29) is 5.92 Å². The van der Waals surface area contributed by atoms with Gasteiger partial charge in [0.15, 0.2) is 0 Å². The number of fused-ring (bicyclic) bond motifs is 5. The lowest BCUT2D eigenvalue weighted by Gasteiger charge is -2.61. The Morgan fingerprint density at radius 1 is 0.897 bits per heavy atom. The van der Waals surface area contributed by atoms with E-state index in [9.17, 15) is 4.79 Å². The summed E-state index contributed by atoms with van der Waals surface area (Å²) in [5, 5.41) is 9.17. The van der Waals surface area contributed by atoms with Gasteiger partial charge < -0.3 is 5.11 Å². The monoisotopic (exact) mass is 402 g/mol. The van der Waals surface area contributed by atoms with Crippen molar-refractivity contribution in [3.8, 4) is 0 Å². The van der Waals surface area contributed by atoms with Gasteiger partial charge >= 0.3 is 5.97 Å². The van der Waals surface area contributed by atoms with Gasteiger partial charge in [0.1, 0.15) is 0 Å². The summed E-state index contributed by atoms with van der Waals surface area (Å²) in [5.74, 6) is 4.80. The maximum Gasteiger partial charge on any atom is 0.306 e. The van der Waals surface area contributed by atoms with Gasteiger partial charge in [-0.25, -0.2) is 0 Å².